The summed E-state index contributed by atoms with van der Waals surface area (Å²) in [5.74, 6) is 0. The van der Waals surface area contributed by atoms with Crippen molar-refractivity contribution in [2.45, 2.75) is 69.6 Å². The van der Waals surface area contributed by atoms with E-state index in [0.717, 1.165) is 23.9 Å². The molecule has 1 atom stereocenters. The third-order valence-corrected chi connectivity index (χ3v) is 7.50. The van der Waals surface area contributed by atoms with Gasteiger partial charge in [0.1, 0.15) is 0 Å². The van der Waals surface area contributed by atoms with Crippen molar-refractivity contribution in [1.82, 2.24) is 4.31 Å². The van der Waals surface area contributed by atoms with Crippen molar-refractivity contribution in [3.63, 3.8) is 0 Å². The van der Waals surface area contributed by atoms with Crippen LogP contribution in [0.1, 0.15) is 46.1 Å². The van der Waals surface area contributed by atoms with E-state index in [-0.39, 0.29) is 23.3 Å². The molecule has 0 aromatic heterocycles. The van der Waals surface area contributed by atoms with Crippen molar-refractivity contribution < 1.29 is 17.7 Å². The summed E-state index contributed by atoms with van der Waals surface area (Å²) in [5, 5.41) is 0. The van der Waals surface area contributed by atoms with Crippen molar-refractivity contribution in [2.24, 2.45) is 5.73 Å². The minimum atomic E-state index is -3.58. The highest BCUT2D eigenvalue weighted by molar-refractivity contribution is 7.89. The van der Waals surface area contributed by atoms with E-state index in [9.17, 15) is 8.42 Å². The van der Waals surface area contributed by atoms with E-state index in [1.165, 1.54) is 4.31 Å². The van der Waals surface area contributed by atoms with Gasteiger partial charge in [0.05, 0.1) is 16.1 Å². The molecule has 3 rings (SSSR count). The number of sulfonamides is 1. The number of aryl methyl sites for hydroxylation is 1. The summed E-state index contributed by atoms with van der Waals surface area (Å²) in [6.07, 6.45) is 1.65. The zero-order chi connectivity index (χ0) is 19.3. The van der Waals surface area contributed by atoms with Gasteiger partial charge in [-0.15, -0.1) is 12.4 Å². The first-order chi connectivity index (χ1) is 11.9. The van der Waals surface area contributed by atoms with E-state index in [1.807, 2.05) is 40.7 Å². The van der Waals surface area contributed by atoms with Gasteiger partial charge in [-0.25, -0.2) is 8.42 Å². The summed E-state index contributed by atoms with van der Waals surface area (Å²) in [7, 11) is -4.17. The molecule has 0 radical (unpaired) electrons. The Morgan fingerprint density at radius 3 is 2.30 bits per heavy atom. The Balaban J connectivity index is 0.00000261. The molecule has 27 heavy (non-hydrogen) atoms. The monoisotopic (exact) mass is 416 g/mol. The third-order valence-electron chi connectivity index (χ3n) is 5.66. The zero-order valence-corrected chi connectivity index (χ0v) is 18.3. The van der Waals surface area contributed by atoms with Crippen molar-refractivity contribution in [3.8, 4) is 0 Å². The van der Waals surface area contributed by atoms with Gasteiger partial charge in [-0.3, -0.25) is 0 Å². The predicted molar refractivity (Wildman–Crippen MR) is 110 cm³/mol. The van der Waals surface area contributed by atoms with Gasteiger partial charge < -0.3 is 15.0 Å². The molecule has 0 unspecified atom stereocenters. The van der Waals surface area contributed by atoms with Crippen LogP contribution in [0.4, 0.5) is 0 Å². The largest absolute Gasteiger partial charge is 0.494 e. The highest BCUT2D eigenvalue weighted by Gasteiger charge is 2.52. The molecule has 2 saturated heterocycles. The molecule has 0 saturated carbocycles. The maximum atomic E-state index is 13.1. The third kappa shape index (κ3) is 4.36. The number of benzene rings is 1. The highest BCUT2D eigenvalue weighted by atomic mass is 35.5. The van der Waals surface area contributed by atoms with Crippen LogP contribution < -0.4 is 11.2 Å². The maximum Gasteiger partial charge on any atom is 0.494 e. The molecule has 0 spiro atoms. The Hall–Kier alpha value is -0.635. The standard InChI is InChI=1S/C18H29BN2O4S.ClH/c1-13-9-14(19-24-17(2,3)18(4,5)25-19)11-16(10-13)26(22,23)21-8-6-7-15(20)12-21;/h9-11,15H,6-8,12,20H2,1-5H3;1H/t15-;/m1./s1. The van der Waals surface area contributed by atoms with Crippen LogP contribution in [0.2, 0.25) is 0 Å². The molecule has 2 heterocycles. The topological polar surface area (TPSA) is 81.9 Å². The fourth-order valence-corrected chi connectivity index (χ4v) is 5.06. The number of halogens is 1. The molecule has 2 aliphatic rings. The van der Waals surface area contributed by atoms with Crippen molar-refractivity contribution in [2.75, 3.05) is 13.1 Å². The van der Waals surface area contributed by atoms with Gasteiger partial charge in [-0.1, -0.05) is 11.6 Å². The van der Waals surface area contributed by atoms with Crippen LogP contribution in [-0.2, 0) is 19.3 Å². The fourth-order valence-electron chi connectivity index (χ4n) is 3.38. The molecule has 1 aromatic carbocycles. The van der Waals surface area contributed by atoms with Gasteiger partial charge in [0.25, 0.3) is 0 Å². The molecule has 152 valence electrons. The average molecular weight is 417 g/mol. The molecule has 9 heteroatoms. The quantitative estimate of drug-likeness (QED) is 0.760. The van der Waals surface area contributed by atoms with Crippen LogP contribution in [0.25, 0.3) is 0 Å². The molecule has 6 nitrogen and oxygen atoms in total. The number of piperidine rings is 1. The second kappa shape index (κ2) is 7.65. The predicted octanol–water partition coefficient (Wildman–Crippen LogP) is 1.83. The summed E-state index contributed by atoms with van der Waals surface area (Å²) < 4.78 is 39.9. The minimum absolute atomic E-state index is 0. The highest BCUT2D eigenvalue weighted by Crippen LogP contribution is 2.36. The number of nitrogens with two attached hydrogens (primary N) is 1. The molecular formula is C18H30BClN2O4S. The number of nitrogens with zero attached hydrogens (tertiary/aromatic N) is 1. The second-order valence-corrected chi connectivity index (χ2v) is 10.4. The van der Waals surface area contributed by atoms with Crippen molar-refractivity contribution in [1.29, 1.82) is 0 Å². The zero-order valence-electron chi connectivity index (χ0n) is 16.7. The van der Waals surface area contributed by atoms with Crippen LogP contribution in [0.5, 0.6) is 0 Å². The van der Waals surface area contributed by atoms with Gasteiger partial charge >= 0.3 is 7.12 Å². The molecule has 1 aromatic rings. The normalized spacial score (nSPS) is 25.3. The van der Waals surface area contributed by atoms with Gasteiger partial charge in [0.15, 0.2) is 0 Å². The Kier molecular flexibility index (Phi) is 6.42. The lowest BCUT2D eigenvalue weighted by molar-refractivity contribution is 0.00578. The summed E-state index contributed by atoms with van der Waals surface area (Å²) in [5.41, 5.74) is 6.61. The van der Waals surface area contributed by atoms with Crippen LogP contribution >= 0.6 is 12.4 Å². The van der Waals surface area contributed by atoms with E-state index in [0.29, 0.717) is 13.1 Å². The minimum Gasteiger partial charge on any atom is -0.399 e. The van der Waals surface area contributed by atoms with E-state index in [1.54, 1.807) is 12.1 Å². The number of hydrogen-bond donors (Lipinski definition) is 1. The van der Waals surface area contributed by atoms with Crippen molar-refractivity contribution in [3.05, 3.63) is 23.8 Å². The van der Waals surface area contributed by atoms with Gasteiger partial charge in [-0.2, -0.15) is 4.31 Å². The Morgan fingerprint density at radius 2 is 1.74 bits per heavy atom. The Labute approximate surface area is 169 Å². The van der Waals surface area contributed by atoms with E-state index in [4.69, 9.17) is 15.0 Å². The summed E-state index contributed by atoms with van der Waals surface area (Å²) >= 11 is 0. The fraction of sp³-hybridized carbons (Fsp3) is 0.667. The SMILES string of the molecule is Cc1cc(B2OC(C)(C)C(C)(C)O2)cc(S(=O)(=O)N2CCC[C@@H](N)C2)c1.Cl. The van der Waals surface area contributed by atoms with Gasteiger partial charge in [0, 0.05) is 19.1 Å². The van der Waals surface area contributed by atoms with Crippen LogP contribution in [0.3, 0.4) is 0 Å². The Bertz CT molecular complexity index is 785. The molecule has 0 bridgehead atoms. The first-order valence-corrected chi connectivity index (χ1v) is 10.6. The van der Waals surface area contributed by atoms with Gasteiger partial charge in [-0.05, 0) is 65.1 Å². The first kappa shape index (κ1) is 22.7. The Morgan fingerprint density at radius 1 is 1.15 bits per heavy atom. The van der Waals surface area contributed by atoms with Crippen LogP contribution in [0, 0.1) is 6.92 Å². The number of rotatable bonds is 3. The lowest BCUT2D eigenvalue weighted by atomic mass is 9.78. The summed E-state index contributed by atoms with van der Waals surface area (Å²) in [4.78, 5) is 0.274. The molecular weight excluding hydrogens is 387 g/mol. The lowest BCUT2D eigenvalue weighted by Crippen LogP contribution is -2.46. The average Bonchev–Trinajstić information content (AvgIpc) is 2.75. The summed E-state index contributed by atoms with van der Waals surface area (Å²) in [6.45, 7) is 10.7. The molecule has 2 N–H and O–H groups in total. The molecule has 2 aliphatic heterocycles. The number of hydrogen-bond acceptors (Lipinski definition) is 5. The van der Waals surface area contributed by atoms with E-state index >= 15 is 0 Å². The van der Waals surface area contributed by atoms with Gasteiger partial charge in [0.2, 0.25) is 10.0 Å². The molecule has 2 fully saturated rings. The van der Waals surface area contributed by atoms with E-state index < -0.39 is 28.3 Å². The molecule has 0 aliphatic carbocycles. The van der Waals surface area contributed by atoms with Crippen LogP contribution in [0.15, 0.2) is 23.1 Å². The summed E-state index contributed by atoms with van der Waals surface area (Å²) in [6, 6.07) is 5.18. The van der Waals surface area contributed by atoms with Crippen LogP contribution in [-0.4, -0.2) is 50.2 Å². The first-order valence-electron chi connectivity index (χ1n) is 9.15. The molecule has 0 amide bonds. The maximum absolute atomic E-state index is 13.1. The second-order valence-electron chi connectivity index (χ2n) is 8.43. The van der Waals surface area contributed by atoms with Crippen molar-refractivity contribution >= 4 is 35.0 Å². The van der Waals surface area contributed by atoms with E-state index in [2.05, 4.69) is 0 Å². The smallest absolute Gasteiger partial charge is 0.399 e. The lowest BCUT2D eigenvalue weighted by Gasteiger charge is -2.32.